The molecule has 3 rings (SSSR count). The van der Waals surface area contributed by atoms with Gasteiger partial charge in [0.05, 0.1) is 19.8 Å². The van der Waals surface area contributed by atoms with Crippen LogP contribution in [0.1, 0.15) is 41.3 Å². The van der Waals surface area contributed by atoms with Crippen molar-refractivity contribution < 1.29 is 24.5 Å². The van der Waals surface area contributed by atoms with Gasteiger partial charge in [0.25, 0.3) is 5.91 Å². The van der Waals surface area contributed by atoms with Crippen molar-refractivity contribution in [2.45, 2.75) is 26.3 Å². The van der Waals surface area contributed by atoms with Crippen LogP contribution in [-0.2, 0) is 6.54 Å². The first-order valence-corrected chi connectivity index (χ1v) is 9.17. The monoisotopic (exact) mass is 383 g/mol. The van der Waals surface area contributed by atoms with Crippen molar-refractivity contribution in [3.63, 3.8) is 0 Å². The van der Waals surface area contributed by atoms with Crippen LogP contribution in [0.4, 0.5) is 0 Å². The van der Waals surface area contributed by atoms with Crippen LogP contribution in [0, 0.1) is 5.92 Å². The summed E-state index contributed by atoms with van der Waals surface area (Å²) in [7, 11) is 3.11. The number of nitrogens with one attached hydrogen (secondary N) is 1. The first kappa shape index (κ1) is 19.6. The van der Waals surface area contributed by atoms with E-state index in [1.54, 1.807) is 25.3 Å². The molecule has 0 fully saturated rings. The summed E-state index contributed by atoms with van der Waals surface area (Å²) in [6.07, 6.45) is 4.13. The van der Waals surface area contributed by atoms with E-state index < -0.39 is 0 Å². The van der Waals surface area contributed by atoms with Crippen LogP contribution >= 0.6 is 0 Å². The fourth-order valence-electron chi connectivity index (χ4n) is 3.41. The zero-order chi connectivity index (χ0) is 20.3. The van der Waals surface area contributed by atoms with Gasteiger partial charge in [0.15, 0.2) is 0 Å². The predicted octanol–water partition coefficient (Wildman–Crippen LogP) is 3.86. The molecule has 2 aromatic rings. The second-order valence-corrected chi connectivity index (χ2v) is 7.02. The Kier molecular flexibility index (Phi) is 5.78. The number of methoxy groups -OCH3 is 2. The number of allylic oxidation sites excluding steroid dienone is 2. The van der Waals surface area contributed by atoms with Crippen molar-refractivity contribution in [2.75, 3.05) is 14.2 Å². The molecule has 6 nitrogen and oxygen atoms in total. The van der Waals surface area contributed by atoms with E-state index in [9.17, 15) is 15.0 Å². The number of carbonyl (C=O) groups excluding carboxylic acids is 1. The van der Waals surface area contributed by atoms with Crippen LogP contribution in [0.5, 0.6) is 23.0 Å². The minimum Gasteiger partial charge on any atom is -0.508 e. The molecule has 0 radical (unpaired) electrons. The van der Waals surface area contributed by atoms with E-state index in [0.29, 0.717) is 28.5 Å². The molecule has 1 aliphatic rings. The Labute approximate surface area is 164 Å². The SMILES string of the molecule is COc1cc(OC)c(C2=CCC(C)C2)cc1C(=O)NCc1ccc(O)cc1O. The average molecular weight is 383 g/mol. The Morgan fingerprint density at radius 2 is 1.89 bits per heavy atom. The molecule has 1 amide bonds. The maximum atomic E-state index is 12.8. The zero-order valence-corrected chi connectivity index (χ0v) is 16.3. The molecule has 0 saturated heterocycles. The van der Waals surface area contributed by atoms with E-state index in [1.807, 2.05) is 0 Å². The Morgan fingerprint density at radius 3 is 2.50 bits per heavy atom. The zero-order valence-electron chi connectivity index (χ0n) is 16.3. The number of amides is 1. The summed E-state index contributed by atoms with van der Waals surface area (Å²) in [5.74, 6) is 1.22. The standard InChI is InChI=1S/C22H25NO5/c1-13-4-5-14(8-13)17-10-18(21(28-3)11-20(17)27-2)22(26)23-12-15-6-7-16(24)9-19(15)25/h5-7,9-11,13,24-25H,4,8,12H2,1-3H3,(H,23,26). The maximum absolute atomic E-state index is 12.8. The van der Waals surface area contributed by atoms with Gasteiger partial charge in [0, 0.05) is 29.8 Å². The van der Waals surface area contributed by atoms with Gasteiger partial charge in [-0.3, -0.25) is 4.79 Å². The molecular weight excluding hydrogens is 358 g/mol. The molecule has 0 saturated carbocycles. The summed E-state index contributed by atoms with van der Waals surface area (Å²) in [6, 6.07) is 7.79. The van der Waals surface area contributed by atoms with Crippen LogP contribution in [0.2, 0.25) is 0 Å². The number of hydrogen-bond donors (Lipinski definition) is 3. The van der Waals surface area contributed by atoms with E-state index in [1.165, 1.54) is 19.2 Å². The van der Waals surface area contributed by atoms with E-state index in [4.69, 9.17) is 9.47 Å². The summed E-state index contributed by atoms with van der Waals surface area (Å²) in [5.41, 5.74) is 2.96. The summed E-state index contributed by atoms with van der Waals surface area (Å²) >= 11 is 0. The second-order valence-electron chi connectivity index (χ2n) is 7.02. The van der Waals surface area contributed by atoms with Crippen molar-refractivity contribution in [1.82, 2.24) is 5.32 Å². The molecule has 0 bridgehead atoms. The molecule has 1 aliphatic carbocycles. The number of carbonyl (C=O) groups is 1. The maximum Gasteiger partial charge on any atom is 0.255 e. The van der Waals surface area contributed by atoms with Crippen LogP contribution in [0.15, 0.2) is 36.4 Å². The molecule has 0 aromatic heterocycles. The molecule has 0 aliphatic heterocycles. The van der Waals surface area contributed by atoms with E-state index in [0.717, 1.165) is 24.0 Å². The van der Waals surface area contributed by atoms with Gasteiger partial charge >= 0.3 is 0 Å². The van der Waals surface area contributed by atoms with Crippen LogP contribution < -0.4 is 14.8 Å². The summed E-state index contributed by atoms with van der Waals surface area (Å²) < 4.78 is 10.9. The van der Waals surface area contributed by atoms with Crippen molar-refractivity contribution >= 4 is 11.5 Å². The lowest BCUT2D eigenvalue weighted by Gasteiger charge is -2.16. The van der Waals surface area contributed by atoms with Gasteiger partial charge in [0.1, 0.15) is 23.0 Å². The van der Waals surface area contributed by atoms with E-state index >= 15 is 0 Å². The van der Waals surface area contributed by atoms with Crippen molar-refractivity contribution in [3.8, 4) is 23.0 Å². The molecule has 0 heterocycles. The summed E-state index contributed by atoms with van der Waals surface area (Å²) in [6.45, 7) is 2.31. The molecule has 2 aromatic carbocycles. The highest BCUT2D eigenvalue weighted by Gasteiger charge is 2.22. The van der Waals surface area contributed by atoms with Gasteiger partial charge in [-0.25, -0.2) is 0 Å². The van der Waals surface area contributed by atoms with Crippen LogP contribution in [-0.4, -0.2) is 30.3 Å². The number of aromatic hydroxyl groups is 2. The lowest BCUT2D eigenvalue weighted by molar-refractivity contribution is 0.0947. The number of benzene rings is 2. The van der Waals surface area contributed by atoms with Crippen LogP contribution in [0.25, 0.3) is 5.57 Å². The number of phenols is 2. The second kappa shape index (κ2) is 8.25. The number of rotatable bonds is 6. The highest BCUT2D eigenvalue weighted by atomic mass is 16.5. The lowest BCUT2D eigenvalue weighted by Crippen LogP contribution is -2.23. The van der Waals surface area contributed by atoms with E-state index in [-0.39, 0.29) is 24.0 Å². The first-order chi connectivity index (χ1) is 13.4. The lowest BCUT2D eigenvalue weighted by atomic mass is 9.98. The highest BCUT2D eigenvalue weighted by molar-refractivity contribution is 5.98. The third-order valence-electron chi connectivity index (χ3n) is 4.96. The Morgan fingerprint density at radius 1 is 1.14 bits per heavy atom. The minimum atomic E-state index is -0.320. The Hall–Kier alpha value is -3.15. The first-order valence-electron chi connectivity index (χ1n) is 9.17. The summed E-state index contributed by atoms with van der Waals surface area (Å²) in [5, 5.41) is 22.1. The van der Waals surface area contributed by atoms with Crippen molar-refractivity contribution in [2.24, 2.45) is 5.92 Å². The topological polar surface area (TPSA) is 88.0 Å². The fourth-order valence-corrected chi connectivity index (χ4v) is 3.41. The van der Waals surface area contributed by atoms with Gasteiger partial charge < -0.3 is 25.0 Å². The normalized spacial score (nSPS) is 15.8. The van der Waals surface area contributed by atoms with Gasteiger partial charge in [-0.2, -0.15) is 0 Å². The Balaban J connectivity index is 1.87. The Bertz CT molecular complexity index is 919. The third kappa shape index (κ3) is 4.06. The average Bonchev–Trinajstić information content (AvgIpc) is 3.12. The molecule has 148 valence electrons. The molecule has 28 heavy (non-hydrogen) atoms. The molecule has 0 spiro atoms. The molecule has 6 heteroatoms. The summed E-state index contributed by atoms with van der Waals surface area (Å²) in [4.78, 5) is 12.8. The van der Waals surface area contributed by atoms with Gasteiger partial charge in [-0.15, -0.1) is 0 Å². The quantitative estimate of drug-likeness (QED) is 0.705. The number of ether oxygens (including phenoxy) is 2. The predicted molar refractivity (Wildman–Crippen MR) is 107 cm³/mol. The smallest absolute Gasteiger partial charge is 0.255 e. The highest BCUT2D eigenvalue weighted by Crippen LogP contribution is 2.39. The van der Waals surface area contributed by atoms with Crippen LogP contribution in [0.3, 0.4) is 0 Å². The van der Waals surface area contributed by atoms with Crippen molar-refractivity contribution in [3.05, 3.63) is 53.1 Å². The van der Waals surface area contributed by atoms with Gasteiger partial charge in [0.2, 0.25) is 0 Å². The van der Waals surface area contributed by atoms with E-state index in [2.05, 4.69) is 18.3 Å². The number of hydrogen-bond acceptors (Lipinski definition) is 5. The third-order valence-corrected chi connectivity index (χ3v) is 4.96. The largest absolute Gasteiger partial charge is 0.508 e. The van der Waals surface area contributed by atoms with Gasteiger partial charge in [-0.05, 0) is 42.5 Å². The fraction of sp³-hybridized carbons (Fsp3) is 0.318. The molecular formula is C22H25NO5. The number of phenolic OH excluding ortho intramolecular Hbond substituents is 2. The molecule has 1 atom stereocenters. The van der Waals surface area contributed by atoms with Gasteiger partial charge in [-0.1, -0.05) is 13.0 Å². The minimum absolute atomic E-state index is 0.0342. The molecule has 3 N–H and O–H groups in total. The molecule has 1 unspecified atom stereocenters. The van der Waals surface area contributed by atoms with Crippen molar-refractivity contribution in [1.29, 1.82) is 0 Å².